The fraction of sp³-hybridized carbons (Fsp3) is 1.00. The van der Waals surface area contributed by atoms with Gasteiger partial charge in [0.15, 0.2) is 0 Å². The first-order valence-corrected chi connectivity index (χ1v) is 8.17. The summed E-state index contributed by atoms with van der Waals surface area (Å²) in [5, 5.41) is 7.00. The standard InChI is InChI=1S/C13H26N2.C2H6.CH4O/c1-3-15(13-5-4-6-13)11-12-7-9-14(2)10-8-12;2*1-2/h12-13H,3-11H2,1-2H3;1-2H3;2H,1H3. The van der Waals surface area contributed by atoms with Gasteiger partial charge in [-0.3, -0.25) is 0 Å². The van der Waals surface area contributed by atoms with E-state index in [0.717, 1.165) is 19.1 Å². The van der Waals surface area contributed by atoms with Crippen LogP contribution in [0.1, 0.15) is 52.9 Å². The normalized spacial score (nSPS) is 21.0. The monoisotopic (exact) mass is 272 g/mol. The van der Waals surface area contributed by atoms with E-state index in [0.29, 0.717) is 0 Å². The highest BCUT2D eigenvalue weighted by Crippen LogP contribution is 2.27. The molecule has 1 saturated carbocycles. The average Bonchev–Trinajstić information content (AvgIpc) is 2.43. The number of piperidine rings is 1. The molecule has 1 aliphatic heterocycles. The molecule has 3 nitrogen and oxygen atoms in total. The highest BCUT2D eigenvalue weighted by atomic mass is 16.2. The van der Waals surface area contributed by atoms with Crippen LogP contribution in [-0.4, -0.2) is 61.3 Å². The van der Waals surface area contributed by atoms with Crippen LogP contribution < -0.4 is 0 Å². The molecule has 1 heterocycles. The molecule has 0 aromatic heterocycles. The molecule has 2 rings (SSSR count). The van der Waals surface area contributed by atoms with Crippen molar-refractivity contribution in [1.82, 2.24) is 9.80 Å². The van der Waals surface area contributed by atoms with Crippen LogP contribution in [0.3, 0.4) is 0 Å². The lowest BCUT2D eigenvalue weighted by Gasteiger charge is -2.40. The topological polar surface area (TPSA) is 26.7 Å². The predicted octanol–water partition coefficient (Wildman–Crippen LogP) is 2.84. The van der Waals surface area contributed by atoms with E-state index in [4.69, 9.17) is 5.11 Å². The van der Waals surface area contributed by atoms with Crippen molar-refractivity contribution in [3.05, 3.63) is 0 Å². The van der Waals surface area contributed by atoms with Crippen molar-refractivity contribution in [3.63, 3.8) is 0 Å². The first-order chi connectivity index (χ1) is 9.29. The van der Waals surface area contributed by atoms with Crippen molar-refractivity contribution < 1.29 is 5.11 Å². The molecule has 3 heteroatoms. The number of aliphatic hydroxyl groups is 1. The van der Waals surface area contributed by atoms with Crippen LogP contribution in [0.2, 0.25) is 0 Å². The van der Waals surface area contributed by atoms with E-state index in [2.05, 4.69) is 23.8 Å². The second-order valence-electron chi connectivity index (χ2n) is 5.42. The van der Waals surface area contributed by atoms with Gasteiger partial charge in [0.1, 0.15) is 0 Å². The van der Waals surface area contributed by atoms with Gasteiger partial charge in [0, 0.05) is 19.7 Å². The summed E-state index contributed by atoms with van der Waals surface area (Å²) < 4.78 is 0. The zero-order chi connectivity index (χ0) is 14.7. The van der Waals surface area contributed by atoms with Gasteiger partial charge in [-0.05, 0) is 58.3 Å². The summed E-state index contributed by atoms with van der Waals surface area (Å²) >= 11 is 0. The first-order valence-electron chi connectivity index (χ1n) is 8.17. The Hall–Kier alpha value is -0.120. The molecule has 2 fully saturated rings. The van der Waals surface area contributed by atoms with E-state index in [9.17, 15) is 0 Å². The molecular weight excluding hydrogens is 236 g/mol. The molecule has 1 aliphatic carbocycles. The van der Waals surface area contributed by atoms with Gasteiger partial charge in [0.05, 0.1) is 0 Å². The maximum Gasteiger partial charge on any atom is 0.0319 e. The summed E-state index contributed by atoms with van der Waals surface area (Å²) in [7, 11) is 3.25. The summed E-state index contributed by atoms with van der Waals surface area (Å²) in [6.45, 7) is 11.6. The third-order valence-corrected chi connectivity index (χ3v) is 4.33. The van der Waals surface area contributed by atoms with Crippen molar-refractivity contribution in [3.8, 4) is 0 Å². The van der Waals surface area contributed by atoms with Gasteiger partial charge in [-0.2, -0.15) is 0 Å². The van der Waals surface area contributed by atoms with Crippen molar-refractivity contribution in [2.75, 3.05) is 40.3 Å². The van der Waals surface area contributed by atoms with E-state index in [1.807, 2.05) is 13.8 Å². The van der Waals surface area contributed by atoms with Crippen LogP contribution in [0.15, 0.2) is 0 Å². The van der Waals surface area contributed by atoms with Gasteiger partial charge >= 0.3 is 0 Å². The lowest BCUT2D eigenvalue weighted by atomic mass is 9.89. The molecular formula is C16H36N2O. The summed E-state index contributed by atoms with van der Waals surface area (Å²) in [5.74, 6) is 0.974. The minimum atomic E-state index is 0.939. The Balaban J connectivity index is 0.000000741. The average molecular weight is 272 g/mol. The number of likely N-dealkylation sites (tertiary alicyclic amines) is 1. The lowest BCUT2D eigenvalue weighted by molar-refractivity contribution is 0.0922. The van der Waals surface area contributed by atoms with E-state index in [1.165, 1.54) is 58.3 Å². The van der Waals surface area contributed by atoms with E-state index >= 15 is 0 Å². The Morgan fingerprint density at radius 3 is 1.95 bits per heavy atom. The minimum absolute atomic E-state index is 0.939. The van der Waals surface area contributed by atoms with Crippen molar-refractivity contribution in [2.45, 2.75) is 58.9 Å². The number of nitrogens with zero attached hydrogens (tertiary/aromatic N) is 2. The molecule has 0 bridgehead atoms. The van der Waals surface area contributed by atoms with Crippen LogP contribution in [-0.2, 0) is 0 Å². The first kappa shape index (κ1) is 18.9. The van der Waals surface area contributed by atoms with E-state index < -0.39 is 0 Å². The molecule has 2 aliphatic rings. The quantitative estimate of drug-likeness (QED) is 0.852. The van der Waals surface area contributed by atoms with Crippen molar-refractivity contribution >= 4 is 0 Å². The van der Waals surface area contributed by atoms with Gasteiger partial charge in [-0.15, -0.1) is 0 Å². The maximum atomic E-state index is 7.00. The predicted molar refractivity (Wildman–Crippen MR) is 84.6 cm³/mol. The minimum Gasteiger partial charge on any atom is -0.400 e. The molecule has 19 heavy (non-hydrogen) atoms. The second-order valence-corrected chi connectivity index (χ2v) is 5.42. The molecule has 1 saturated heterocycles. The van der Waals surface area contributed by atoms with Gasteiger partial charge in [0.2, 0.25) is 0 Å². The number of hydrogen-bond donors (Lipinski definition) is 1. The summed E-state index contributed by atoms with van der Waals surface area (Å²) in [6.07, 6.45) is 7.22. The SMILES string of the molecule is CC.CCN(CC1CCN(C)CC1)C1CCC1.CO. The molecule has 116 valence electrons. The number of rotatable bonds is 4. The zero-order valence-corrected chi connectivity index (χ0v) is 13.9. The molecule has 1 N–H and O–H groups in total. The lowest BCUT2D eigenvalue weighted by Crippen LogP contribution is -2.44. The smallest absolute Gasteiger partial charge is 0.0319 e. The highest BCUT2D eigenvalue weighted by Gasteiger charge is 2.26. The van der Waals surface area contributed by atoms with Gasteiger partial charge in [-0.25, -0.2) is 0 Å². The maximum absolute atomic E-state index is 7.00. The Bertz CT molecular complexity index is 187. The van der Waals surface area contributed by atoms with Crippen LogP contribution >= 0.6 is 0 Å². The molecule has 0 aromatic rings. The summed E-state index contributed by atoms with van der Waals surface area (Å²) in [6, 6.07) is 0.939. The number of hydrogen-bond acceptors (Lipinski definition) is 3. The molecule has 0 aromatic carbocycles. The van der Waals surface area contributed by atoms with Crippen LogP contribution in [0.25, 0.3) is 0 Å². The Kier molecular flexibility index (Phi) is 11.6. The molecule has 0 spiro atoms. The molecule has 0 atom stereocenters. The summed E-state index contributed by atoms with van der Waals surface area (Å²) in [5.41, 5.74) is 0. The van der Waals surface area contributed by atoms with E-state index in [-0.39, 0.29) is 0 Å². The Labute approximate surface area is 121 Å². The van der Waals surface area contributed by atoms with Gasteiger partial charge in [-0.1, -0.05) is 27.2 Å². The van der Waals surface area contributed by atoms with Crippen LogP contribution in [0.4, 0.5) is 0 Å². The van der Waals surface area contributed by atoms with Crippen LogP contribution in [0.5, 0.6) is 0 Å². The van der Waals surface area contributed by atoms with Crippen molar-refractivity contribution in [1.29, 1.82) is 0 Å². The fourth-order valence-electron chi connectivity index (χ4n) is 2.86. The summed E-state index contributed by atoms with van der Waals surface area (Å²) in [4.78, 5) is 5.20. The molecule has 0 amide bonds. The third-order valence-electron chi connectivity index (χ3n) is 4.33. The molecule has 0 radical (unpaired) electrons. The van der Waals surface area contributed by atoms with E-state index in [1.54, 1.807) is 0 Å². The van der Waals surface area contributed by atoms with Crippen molar-refractivity contribution in [2.24, 2.45) is 5.92 Å². The second kappa shape index (κ2) is 11.7. The highest BCUT2D eigenvalue weighted by molar-refractivity contribution is 4.82. The Morgan fingerprint density at radius 1 is 1.05 bits per heavy atom. The van der Waals surface area contributed by atoms with Gasteiger partial charge < -0.3 is 14.9 Å². The third kappa shape index (κ3) is 6.73. The van der Waals surface area contributed by atoms with Crippen LogP contribution in [0, 0.1) is 5.92 Å². The largest absolute Gasteiger partial charge is 0.400 e. The molecule has 0 unspecified atom stereocenters. The fourth-order valence-corrected chi connectivity index (χ4v) is 2.86. The number of aliphatic hydroxyl groups excluding tert-OH is 1. The Morgan fingerprint density at radius 2 is 1.58 bits per heavy atom. The van der Waals surface area contributed by atoms with Gasteiger partial charge in [0.25, 0.3) is 0 Å². The zero-order valence-electron chi connectivity index (χ0n) is 13.9.